The first-order valence-electron chi connectivity index (χ1n) is 7.23. The highest BCUT2D eigenvalue weighted by molar-refractivity contribution is 5.22. The minimum atomic E-state index is -0.297. The van der Waals surface area contributed by atoms with Crippen molar-refractivity contribution in [3.05, 3.63) is 41.8 Å². The van der Waals surface area contributed by atoms with Gasteiger partial charge in [-0.1, -0.05) is 5.16 Å². The summed E-state index contributed by atoms with van der Waals surface area (Å²) in [6, 6.07) is 5.81. The summed E-state index contributed by atoms with van der Waals surface area (Å²) in [5.74, 6) is 1.30. The number of ether oxygens (including phenoxy) is 2. The Morgan fingerprint density at radius 2 is 2.18 bits per heavy atom. The monoisotopic (exact) mass is 307 g/mol. The molecule has 3 rings (SSSR count). The van der Waals surface area contributed by atoms with Crippen LogP contribution in [0.5, 0.6) is 5.75 Å². The Hall–Kier alpha value is -1.99. The van der Waals surface area contributed by atoms with Gasteiger partial charge in [-0.15, -0.1) is 0 Å². The van der Waals surface area contributed by atoms with E-state index >= 15 is 0 Å². The number of rotatable bonds is 5. The van der Waals surface area contributed by atoms with Gasteiger partial charge in [-0.3, -0.25) is 4.90 Å². The molecule has 0 amide bonds. The molecule has 1 atom stereocenters. The van der Waals surface area contributed by atoms with E-state index in [1.54, 1.807) is 12.1 Å². The third kappa shape index (κ3) is 4.02. The van der Waals surface area contributed by atoms with Gasteiger partial charge >= 0.3 is 0 Å². The van der Waals surface area contributed by atoms with Crippen LogP contribution in [0.1, 0.15) is 18.6 Å². The Balaban J connectivity index is 1.51. The van der Waals surface area contributed by atoms with Gasteiger partial charge in [0.2, 0.25) is 11.7 Å². The summed E-state index contributed by atoms with van der Waals surface area (Å²) in [6.45, 7) is 5.27. The van der Waals surface area contributed by atoms with E-state index < -0.39 is 0 Å². The maximum absolute atomic E-state index is 12.8. The Bertz CT molecular complexity index is 602. The van der Waals surface area contributed by atoms with E-state index in [1.165, 1.54) is 12.1 Å². The SMILES string of the molecule is CC1CN(Cc2nc(COc3ccc(F)cc3)no2)CCO1. The van der Waals surface area contributed by atoms with Crippen LogP contribution in [0.15, 0.2) is 28.8 Å². The van der Waals surface area contributed by atoms with Crippen molar-refractivity contribution in [3.8, 4) is 5.75 Å². The summed E-state index contributed by atoms with van der Waals surface area (Å²) < 4.78 is 29.0. The van der Waals surface area contributed by atoms with Gasteiger partial charge in [0, 0.05) is 13.1 Å². The van der Waals surface area contributed by atoms with Gasteiger partial charge < -0.3 is 14.0 Å². The number of halogens is 1. The molecule has 0 saturated carbocycles. The lowest BCUT2D eigenvalue weighted by molar-refractivity contribution is -0.0240. The molecule has 0 bridgehead atoms. The summed E-state index contributed by atoms with van der Waals surface area (Å²) >= 11 is 0. The van der Waals surface area contributed by atoms with Crippen molar-refractivity contribution >= 4 is 0 Å². The zero-order valence-electron chi connectivity index (χ0n) is 12.4. The van der Waals surface area contributed by atoms with Gasteiger partial charge in [-0.25, -0.2) is 4.39 Å². The molecule has 2 aromatic rings. The Kier molecular flexibility index (Phi) is 4.65. The fourth-order valence-electron chi connectivity index (χ4n) is 2.32. The second-order valence-corrected chi connectivity index (χ2v) is 5.26. The molecule has 0 N–H and O–H groups in total. The van der Waals surface area contributed by atoms with Crippen LogP contribution in [0.2, 0.25) is 0 Å². The van der Waals surface area contributed by atoms with Crippen molar-refractivity contribution in [3.63, 3.8) is 0 Å². The largest absolute Gasteiger partial charge is 0.485 e. The standard InChI is InChI=1S/C15H18FN3O3/c1-11-8-19(6-7-20-11)9-15-17-14(18-22-15)10-21-13-4-2-12(16)3-5-13/h2-5,11H,6-10H2,1H3. The first-order valence-corrected chi connectivity index (χ1v) is 7.23. The van der Waals surface area contributed by atoms with Crippen molar-refractivity contribution in [1.29, 1.82) is 0 Å². The molecule has 1 aliphatic heterocycles. The average molecular weight is 307 g/mol. The summed E-state index contributed by atoms with van der Waals surface area (Å²) in [4.78, 5) is 6.52. The van der Waals surface area contributed by atoms with Gasteiger partial charge in [-0.2, -0.15) is 4.98 Å². The normalized spacial score (nSPS) is 19.3. The fraction of sp³-hybridized carbons (Fsp3) is 0.467. The lowest BCUT2D eigenvalue weighted by Gasteiger charge is -2.29. The third-order valence-electron chi connectivity index (χ3n) is 3.38. The predicted octanol–water partition coefficient (Wildman–Crippen LogP) is 2.01. The van der Waals surface area contributed by atoms with Gasteiger partial charge in [0.1, 0.15) is 11.6 Å². The number of hydrogen-bond donors (Lipinski definition) is 0. The van der Waals surface area contributed by atoms with Crippen molar-refractivity contribution < 1.29 is 18.4 Å². The third-order valence-corrected chi connectivity index (χ3v) is 3.38. The summed E-state index contributed by atoms with van der Waals surface area (Å²) in [5, 5.41) is 3.89. The van der Waals surface area contributed by atoms with Crippen LogP contribution >= 0.6 is 0 Å². The Morgan fingerprint density at radius 1 is 1.36 bits per heavy atom. The van der Waals surface area contributed by atoms with Crippen LogP contribution in [-0.4, -0.2) is 40.8 Å². The number of nitrogens with zero attached hydrogens (tertiary/aromatic N) is 3. The van der Waals surface area contributed by atoms with Crippen LogP contribution in [0.25, 0.3) is 0 Å². The lowest BCUT2D eigenvalue weighted by Crippen LogP contribution is -2.40. The van der Waals surface area contributed by atoms with Gasteiger partial charge in [0.15, 0.2) is 6.61 Å². The first-order chi connectivity index (χ1) is 10.7. The van der Waals surface area contributed by atoms with Crippen LogP contribution in [0.3, 0.4) is 0 Å². The minimum Gasteiger partial charge on any atom is -0.485 e. The highest BCUT2D eigenvalue weighted by atomic mass is 19.1. The second-order valence-electron chi connectivity index (χ2n) is 5.26. The molecule has 1 aromatic carbocycles. The van der Waals surface area contributed by atoms with Crippen LogP contribution in [0.4, 0.5) is 4.39 Å². The fourth-order valence-corrected chi connectivity index (χ4v) is 2.32. The van der Waals surface area contributed by atoms with Crippen molar-refractivity contribution in [2.24, 2.45) is 0 Å². The highest BCUT2D eigenvalue weighted by Gasteiger charge is 2.19. The topological polar surface area (TPSA) is 60.6 Å². The van der Waals surface area contributed by atoms with Gasteiger partial charge in [-0.05, 0) is 31.2 Å². The van der Waals surface area contributed by atoms with Crippen LogP contribution in [0, 0.1) is 5.82 Å². The average Bonchev–Trinajstić information content (AvgIpc) is 2.94. The number of hydrogen-bond acceptors (Lipinski definition) is 6. The lowest BCUT2D eigenvalue weighted by atomic mass is 10.3. The quantitative estimate of drug-likeness (QED) is 0.842. The molecule has 0 radical (unpaired) electrons. The molecule has 22 heavy (non-hydrogen) atoms. The molecular formula is C15H18FN3O3. The Morgan fingerprint density at radius 3 is 2.95 bits per heavy atom. The maximum atomic E-state index is 12.8. The molecule has 1 fully saturated rings. The molecule has 1 saturated heterocycles. The van der Waals surface area contributed by atoms with E-state index in [0.29, 0.717) is 24.0 Å². The molecule has 2 heterocycles. The number of benzene rings is 1. The zero-order valence-corrected chi connectivity index (χ0v) is 12.4. The van der Waals surface area contributed by atoms with Crippen LogP contribution < -0.4 is 4.74 Å². The van der Waals surface area contributed by atoms with Crippen LogP contribution in [-0.2, 0) is 17.9 Å². The molecule has 118 valence electrons. The van der Waals surface area contributed by atoms with Crippen molar-refractivity contribution in [2.45, 2.75) is 26.2 Å². The van der Waals surface area contributed by atoms with Crippen molar-refractivity contribution in [1.82, 2.24) is 15.0 Å². The minimum absolute atomic E-state index is 0.189. The predicted molar refractivity (Wildman–Crippen MR) is 75.7 cm³/mol. The molecule has 6 nitrogen and oxygen atoms in total. The summed E-state index contributed by atoms with van der Waals surface area (Å²) in [7, 11) is 0. The molecule has 1 unspecified atom stereocenters. The van der Waals surface area contributed by atoms with E-state index in [4.69, 9.17) is 14.0 Å². The number of aromatic nitrogens is 2. The Labute approximate surface area is 127 Å². The van der Waals surface area contributed by atoms with Crippen molar-refractivity contribution in [2.75, 3.05) is 19.7 Å². The summed E-state index contributed by atoms with van der Waals surface area (Å²) in [5.41, 5.74) is 0. The van der Waals surface area contributed by atoms with E-state index in [0.717, 1.165) is 19.7 Å². The second kappa shape index (κ2) is 6.85. The summed E-state index contributed by atoms with van der Waals surface area (Å²) in [6.07, 6.45) is 0.220. The molecule has 7 heteroatoms. The molecule has 0 spiro atoms. The first kappa shape index (κ1) is 14.9. The highest BCUT2D eigenvalue weighted by Crippen LogP contribution is 2.13. The smallest absolute Gasteiger partial charge is 0.240 e. The van der Waals surface area contributed by atoms with E-state index in [-0.39, 0.29) is 18.5 Å². The van der Waals surface area contributed by atoms with E-state index in [2.05, 4.69) is 15.0 Å². The maximum Gasteiger partial charge on any atom is 0.240 e. The van der Waals surface area contributed by atoms with Gasteiger partial charge in [0.25, 0.3) is 0 Å². The van der Waals surface area contributed by atoms with E-state index in [9.17, 15) is 4.39 Å². The zero-order chi connectivity index (χ0) is 15.4. The molecule has 0 aliphatic carbocycles. The molecular weight excluding hydrogens is 289 g/mol. The molecule has 1 aliphatic rings. The van der Waals surface area contributed by atoms with E-state index in [1.807, 2.05) is 6.92 Å². The van der Waals surface area contributed by atoms with Gasteiger partial charge in [0.05, 0.1) is 19.3 Å². The number of morpholine rings is 1. The molecule has 1 aromatic heterocycles.